The van der Waals surface area contributed by atoms with E-state index in [2.05, 4.69) is 20.7 Å². The second kappa shape index (κ2) is 5.41. The maximum absolute atomic E-state index is 10.2. The Morgan fingerprint density at radius 3 is 2.80 bits per heavy atom. The minimum atomic E-state index is -0.314. The first-order chi connectivity index (χ1) is 4.66. The van der Waals surface area contributed by atoms with Crippen LogP contribution in [0.15, 0.2) is 0 Å². The molecule has 0 heterocycles. The average molecular weight is 209 g/mol. The van der Waals surface area contributed by atoms with Crippen LogP contribution in [0, 0.1) is 0 Å². The summed E-state index contributed by atoms with van der Waals surface area (Å²) in [6.45, 7) is 1.63. The maximum atomic E-state index is 10.2. The molecule has 0 rings (SSSR count). The quantitative estimate of drug-likeness (QED) is 0.392. The molecule has 4 heteroatoms. The Balaban J connectivity index is 3.19. The second-order valence-electron chi connectivity index (χ2n) is 1.78. The van der Waals surface area contributed by atoms with Crippen molar-refractivity contribution in [3.8, 4) is 0 Å². The van der Waals surface area contributed by atoms with Crippen LogP contribution in [0.5, 0.6) is 0 Å². The summed E-state index contributed by atoms with van der Waals surface area (Å²) in [5.74, 6) is -0.314. The molecule has 0 saturated heterocycles. The van der Waals surface area contributed by atoms with Gasteiger partial charge in [-0.3, -0.25) is 4.79 Å². The van der Waals surface area contributed by atoms with Crippen molar-refractivity contribution < 1.29 is 14.3 Å². The summed E-state index contributed by atoms with van der Waals surface area (Å²) in [6.07, 6.45) is 1.30. The molecule has 58 valence electrons. The lowest BCUT2D eigenvalue weighted by molar-refractivity contribution is -0.141. The number of halogens is 1. The molecule has 0 N–H and O–H groups in total. The molecule has 0 radical (unpaired) electrons. The zero-order valence-corrected chi connectivity index (χ0v) is 7.26. The van der Waals surface area contributed by atoms with E-state index in [0.717, 1.165) is 6.29 Å². The fourth-order valence-corrected chi connectivity index (χ4v) is 0.570. The minimum absolute atomic E-state index is 0.202. The molecule has 0 fully saturated rings. The molecule has 0 saturated carbocycles. The fraction of sp³-hybridized carbons (Fsp3) is 0.667. The molecular weight excluding hydrogens is 200 g/mol. The van der Waals surface area contributed by atoms with Crippen LogP contribution in [-0.2, 0) is 14.3 Å². The van der Waals surface area contributed by atoms with Crippen molar-refractivity contribution in [2.75, 3.05) is 6.61 Å². The van der Waals surface area contributed by atoms with E-state index < -0.39 is 0 Å². The molecule has 0 aliphatic carbocycles. The number of alkyl halides is 1. The normalized spacial score (nSPS) is 12.2. The van der Waals surface area contributed by atoms with Gasteiger partial charge in [0.05, 0.1) is 11.4 Å². The summed E-state index contributed by atoms with van der Waals surface area (Å²) in [5.41, 5.74) is 0. The number of aldehydes is 1. The fourth-order valence-electron chi connectivity index (χ4n) is 0.383. The topological polar surface area (TPSA) is 43.4 Å². The molecule has 0 aromatic carbocycles. The smallest absolute Gasteiger partial charge is 0.302 e. The van der Waals surface area contributed by atoms with Crippen molar-refractivity contribution in [1.82, 2.24) is 0 Å². The molecular formula is C6H9BrO3. The van der Waals surface area contributed by atoms with Gasteiger partial charge < -0.3 is 9.53 Å². The molecule has 10 heavy (non-hydrogen) atoms. The highest BCUT2D eigenvalue weighted by Gasteiger charge is 2.01. The van der Waals surface area contributed by atoms with Crippen LogP contribution in [0.2, 0.25) is 0 Å². The highest BCUT2D eigenvalue weighted by molar-refractivity contribution is 9.09. The Kier molecular flexibility index (Phi) is 5.20. The van der Waals surface area contributed by atoms with Crippen molar-refractivity contribution in [3.63, 3.8) is 0 Å². The van der Waals surface area contributed by atoms with Gasteiger partial charge in [-0.15, -0.1) is 0 Å². The lowest BCUT2D eigenvalue weighted by Gasteiger charge is -2.01. The molecule has 0 aliphatic rings. The summed E-state index contributed by atoms with van der Waals surface area (Å²) in [5, 5.41) is 0. The molecule has 1 atom stereocenters. The van der Waals surface area contributed by atoms with Crippen LogP contribution in [0.1, 0.15) is 13.3 Å². The van der Waals surface area contributed by atoms with E-state index in [1.807, 2.05) is 0 Å². The summed E-state index contributed by atoms with van der Waals surface area (Å²) < 4.78 is 4.59. The molecule has 0 aliphatic heterocycles. The van der Waals surface area contributed by atoms with Crippen molar-refractivity contribution in [2.24, 2.45) is 0 Å². The van der Waals surface area contributed by atoms with Gasteiger partial charge >= 0.3 is 5.97 Å². The van der Waals surface area contributed by atoms with Gasteiger partial charge in [0, 0.05) is 13.3 Å². The third-order valence-corrected chi connectivity index (χ3v) is 1.52. The van der Waals surface area contributed by atoms with E-state index in [4.69, 9.17) is 0 Å². The van der Waals surface area contributed by atoms with Crippen molar-refractivity contribution in [3.05, 3.63) is 0 Å². The molecule has 0 aromatic heterocycles. The van der Waals surface area contributed by atoms with E-state index in [9.17, 15) is 9.59 Å². The van der Waals surface area contributed by atoms with Crippen LogP contribution < -0.4 is 0 Å². The molecule has 3 nitrogen and oxygen atoms in total. The van der Waals surface area contributed by atoms with Gasteiger partial charge in [-0.05, 0) is 0 Å². The molecule has 0 aromatic rings. The molecule has 0 amide bonds. The third-order valence-electron chi connectivity index (χ3n) is 0.847. The maximum Gasteiger partial charge on any atom is 0.302 e. The van der Waals surface area contributed by atoms with Gasteiger partial charge in [-0.25, -0.2) is 0 Å². The highest BCUT2D eigenvalue weighted by Crippen LogP contribution is 2.00. The third kappa shape index (κ3) is 5.75. The van der Waals surface area contributed by atoms with Crippen LogP contribution in [0.25, 0.3) is 0 Å². The van der Waals surface area contributed by atoms with Crippen LogP contribution in [0.4, 0.5) is 0 Å². The number of hydrogen-bond donors (Lipinski definition) is 0. The monoisotopic (exact) mass is 208 g/mol. The Morgan fingerprint density at radius 2 is 2.40 bits per heavy atom. The summed E-state index contributed by atoms with van der Waals surface area (Å²) in [6, 6.07) is 0. The Morgan fingerprint density at radius 1 is 1.80 bits per heavy atom. The van der Waals surface area contributed by atoms with E-state index >= 15 is 0 Å². The van der Waals surface area contributed by atoms with Crippen molar-refractivity contribution in [2.45, 2.75) is 18.2 Å². The second-order valence-corrected chi connectivity index (χ2v) is 2.96. The molecule has 0 bridgehead atoms. The van der Waals surface area contributed by atoms with Gasteiger partial charge in [0.25, 0.3) is 0 Å². The Labute approximate surface area is 67.9 Å². The molecule has 1 unspecified atom stereocenters. The number of ether oxygens (including phenoxy) is 1. The van der Waals surface area contributed by atoms with Crippen molar-refractivity contribution in [1.29, 1.82) is 0 Å². The SMILES string of the molecule is CC(=O)OCCC(Br)C=O. The van der Waals surface area contributed by atoms with E-state index in [0.29, 0.717) is 13.0 Å². The summed E-state index contributed by atoms with van der Waals surface area (Å²) >= 11 is 3.07. The predicted molar refractivity (Wildman–Crippen MR) is 40.0 cm³/mol. The van der Waals surface area contributed by atoms with E-state index in [1.165, 1.54) is 6.92 Å². The number of carbonyl (C=O) groups excluding carboxylic acids is 2. The number of esters is 1. The van der Waals surface area contributed by atoms with Gasteiger partial charge in [0.2, 0.25) is 0 Å². The first-order valence-electron chi connectivity index (χ1n) is 2.89. The van der Waals surface area contributed by atoms with Gasteiger partial charge in [0.1, 0.15) is 6.29 Å². The van der Waals surface area contributed by atoms with E-state index in [-0.39, 0.29) is 10.8 Å². The minimum Gasteiger partial charge on any atom is -0.466 e. The lowest BCUT2D eigenvalue weighted by Crippen LogP contribution is -2.07. The number of rotatable bonds is 4. The Bertz CT molecular complexity index is 124. The zero-order chi connectivity index (χ0) is 7.98. The van der Waals surface area contributed by atoms with E-state index in [1.54, 1.807) is 0 Å². The standard InChI is InChI=1S/C6H9BrO3/c1-5(9)10-3-2-6(7)4-8/h4,6H,2-3H2,1H3. The first-order valence-corrected chi connectivity index (χ1v) is 3.81. The van der Waals surface area contributed by atoms with Gasteiger partial charge in [0.15, 0.2) is 0 Å². The van der Waals surface area contributed by atoms with Gasteiger partial charge in [-0.2, -0.15) is 0 Å². The number of carbonyl (C=O) groups is 2. The lowest BCUT2D eigenvalue weighted by atomic mass is 10.3. The summed E-state index contributed by atoms with van der Waals surface area (Å²) in [7, 11) is 0. The zero-order valence-electron chi connectivity index (χ0n) is 5.67. The largest absolute Gasteiger partial charge is 0.466 e. The molecule has 0 spiro atoms. The predicted octanol–water partition coefficient (Wildman–Crippen LogP) is 0.902. The highest BCUT2D eigenvalue weighted by atomic mass is 79.9. The average Bonchev–Trinajstić information content (AvgIpc) is 1.87. The summed E-state index contributed by atoms with van der Waals surface area (Å²) in [4.78, 5) is 20.0. The Hall–Kier alpha value is -0.380. The van der Waals surface area contributed by atoms with Gasteiger partial charge in [-0.1, -0.05) is 15.9 Å². The number of hydrogen-bond acceptors (Lipinski definition) is 3. The van der Waals surface area contributed by atoms with Crippen LogP contribution >= 0.6 is 15.9 Å². The van der Waals surface area contributed by atoms with Crippen LogP contribution in [-0.4, -0.2) is 23.7 Å². The first kappa shape index (κ1) is 9.62. The van der Waals surface area contributed by atoms with Crippen LogP contribution in [0.3, 0.4) is 0 Å². The van der Waals surface area contributed by atoms with Crippen molar-refractivity contribution >= 4 is 28.2 Å².